The summed E-state index contributed by atoms with van der Waals surface area (Å²) in [4.78, 5) is 12.7. The molecule has 2 saturated carbocycles. The van der Waals surface area contributed by atoms with E-state index in [1.165, 1.54) is 25.7 Å². The number of amides is 1. The Morgan fingerprint density at radius 3 is 2.73 bits per heavy atom. The monoisotopic (exact) mass is 443 g/mol. The Bertz CT molecular complexity index is 1130. The second-order valence-electron chi connectivity index (χ2n) is 8.48. The van der Waals surface area contributed by atoms with Crippen LogP contribution in [0.15, 0.2) is 30.5 Å². The van der Waals surface area contributed by atoms with Crippen LogP contribution < -0.4 is 11.1 Å². The predicted octanol–water partition coefficient (Wildman–Crippen LogP) is 4.93. The maximum absolute atomic E-state index is 12.7. The van der Waals surface area contributed by atoms with E-state index in [0.717, 1.165) is 22.6 Å². The van der Waals surface area contributed by atoms with E-state index < -0.39 is 0 Å². The zero-order valence-corrected chi connectivity index (χ0v) is 18.0. The lowest BCUT2D eigenvalue weighted by Crippen LogP contribution is -2.21. The number of nitrogens with one attached hydrogen (secondary N) is 1. The highest BCUT2D eigenvalue weighted by molar-refractivity contribution is 6.36. The fourth-order valence-electron chi connectivity index (χ4n) is 5.22. The standard InChI is InChI=1S/C22H23Cl2N5O/c23-16-3-4-17(19(24)9-16)18-11-29-20(7-15(18)10-25)27-28-22(29)26-21(30)8-14-6-12-1-2-13(14)5-12/h3-4,7,9,11-14H,1-2,5-6,8,10,25H2,(H,26,28,30)/t12-,13?,14?/m1/s1. The number of nitrogens with two attached hydrogens (primary N) is 1. The van der Waals surface area contributed by atoms with E-state index in [1.807, 2.05) is 18.3 Å². The molecular weight excluding hydrogens is 421 g/mol. The van der Waals surface area contributed by atoms with Gasteiger partial charge in [-0.25, -0.2) is 0 Å². The molecule has 0 saturated heterocycles. The number of carbonyl (C=O) groups excluding carboxylic acids is 1. The zero-order valence-electron chi connectivity index (χ0n) is 16.4. The van der Waals surface area contributed by atoms with Crippen LogP contribution >= 0.6 is 23.2 Å². The van der Waals surface area contributed by atoms with Gasteiger partial charge in [0.1, 0.15) is 0 Å². The molecule has 2 unspecified atom stereocenters. The van der Waals surface area contributed by atoms with Gasteiger partial charge in [0.2, 0.25) is 11.9 Å². The number of anilines is 1. The molecule has 6 nitrogen and oxygen atoms in total. The third-order valence-corrected chi connectivity index (χ3v) is 7.20. The largest absolute Gasteiger partial charge is 0.326 e. The minimum atomic E-state index is -0.00386. The van der Waals surface area contributed by atoms with E-state index in [1.54, 1.807) is 16.5 Å². The Morgan fingerprint density at radius 2 is 2.03 bits per heavy atom. The van der Waals surface area contributed by atoms with Crippen LogP contribution in [0.1, 0.15) is 37.7 Å². The maximum atomic E-state index is 12.7. The number of aromatic nitrogens is 3. The summed E-state index contributed by atoms with van der Waals surface area (Å²) in [5.74, 6) is 2.43. The van der Waals surface area contributed by atoms with E-state index in [4.69, 9.17) is 28.9 Å². The van der Waals surface area contributed by atoms with Crippen LogP contribution in [0.4, 0.5) is 5.95 Å². The van der Waals surface area contributed by atoms with Crippen molar-refractivity contribution in [2.45, 2.75) is 38.6 Å². The SMILES string of the molecule is NCc1cc2nnc(NC(=O)CC3C[C@@H]4CCC3C4)n2cc1-c1ccc(Cl)cc1Cl. The van der Waals surface area contributed by atoms with Crippen LogP contribution in [0.2, 0.25) is 10.0 Å². The number of hydrogen-bond donors (Lipinski definition) is 2. The normalized spacial score (nSPS) is 22.7. The topological polar surface area (TPSA) is 85.3 Å². The molecule has 2 aliphatic carbocycles. The summed E-state index contributed by atoms with van der Waals surface area (Å²) in [6, 6.07) is 7.23. The van der Waals surface area contributed by atoms with Crippen molar-refractivity contribution < 1.29 is 4.79 Å². The third-order valence-electron chi connectivity index (χ3n) is 6.65. The lowest BCUT2D eigenvalue weighted by molar-refractivity contribution is -0.117. The van der Waals surface area contributed by atoms with Crippen molar-refractivity contribution in [3.63, 3.8) is 0 Å². The fraction of sp³-hybridized carbons (Fsp3) is 0.409. The lowest BCUT2D eigenvalue weighted by atomic mass is 9.86. The number of fused-ring (bicyclic) bond motifs is 3. The number of nitrogens with zero attached hydrogens (tertiary/aromatic N) is 3. The van der Waals surface area contributed by atoms with Crippen molar-refractivity contribution in [2.75, 3.05) is 5.32 Å². The van der Waals surface area contributed by atoms with Crippen molar-refractivity contribution >= 4 is 40.7 Å². The van der Waals surface area contributed by atoms with Gasteiger partial charge in [-0.3, -0.25) is 14.5 Å². The van der Waals surface area contributed by atoms with Gasteiger partial charge in [-0.05, 0) is 60.8 Å². The highest BCUT2D eigenvalue weighted by Crippen LogP contribution is 2.49. The Balaban J connectivity index is 1.44. The molecule has 2 aliphatic rings. The molecule has 3 N–H and O–H groups in total. The fourth-order valence-corrected chi connectivity index (χ4v) is 5.73. The van der Waals surface area contributed by atoms with Gasteiger partial charge in [0, 0.05) is 40.3 Å². The first-order valence-corrected chi connectivity index (χ1v) is 11.1. The number of halogens is 2. The van der Waals surface area contributed by atoms with Gasteiger partial charge in [-0.2, -0.15) is 0 Å². The molecule has 3 aromatic rings. The Morgan fingerprint density at radius 1 is 1.17 bits per heavy atom. The van der Waals surface area contributed by atoms with Crippen molar-refractivity contribution in [1.29, 1.82) is 0 Å². The summed E-state index contributed by atoms with van der Waals surface area (Å²) < 4.78 is 1.78. The van der Waals surface area contributed by atoms with Crippen molar-refractivity contribution in [2.24, 2.45) is 23.5 Å². The van der Waals surface area contributed by atoms with Crippen molar-refractivity contribution in [3.05, 3.63) is 46.1 Å². The molecule has 1 aromatic carbocycles. The number of rotatable bonds is 5. The summed E-state index contributed by atoms with van der Waals surface area (Å²) in [5.41, 5.74) is 9.16. The number of benzene rings is 1. The molecule has 30 heavy (non-hydrogen) atoms. The van der Waals surface area contributed by atoms with Gasteiger partial charge in [-0.15, -0.1) is 10.2 Å². The number of carbonyl (C=O) groups is 1. The molecule has 3 atom stereocenters. The molecule has 0 spiro atoms. The lowest BCUT2D eigenvalue weighted by Gasteiger charge is -2.20. The minimum absolute atomic E-state index is 0.00386. The molecule has 2 bridgehead atoms. The quantitative estimate of drug-likeness (QED) is 0.585. The van der Waals surface area contributed by atoms with Gasteiger partial charge in [0.15, 0.2) is 5.65 Å². The molecule has 2 heterocycles. The molecule has 8 heteroatoms. The Kier molecular flexibility index (Phi) is 5.17. The molecule has 5 rings (SSSR count). The van der Waals surface area contributed by atoms with Gasteiger partial charge in [0.25, 0.3) is 0 Å². The molecule has 0 aliphatic heterocycles. The summed E-state index contributed by atoms with van der Waals surface area (Å²) in [6.07, 6.45) is 7.49. The predicted molar refractivity (Wildman–Crippen MR) is 119 cm³/mol. The smallest absolute Gasteiger partial charge is 0.235 e. The van der Waals surface area contributed by atoms with Crippen LogP contribution in [0.3, 0.4) is 0 Å². The minimum Gasteiger partial charge on any atom is -0.326 e. The van der Waals surface area contributed by atoms with Crippen molar-refractivity contribution in [1.82, 2.24) is 14.6 Å². The second kappa shape index (κ2) is 7.84. The van der Waals surface area contributed by atoms with E-state index in [2.05, 4.69) is 15.5 Å². The number of hydrogen-bond acceptors (Lipinski definition) is 4. The average molecular weight is 444 g/mol. The van der Waals surface area contributed by atoms with Crippen LogP contribution in [0.25, 0.3) is 16.8 Å². The Labute approximate surface area is 184 Å². The van der Waals surface area contributed by atoms with E-state index >= 15 is 0 Å². The first-order chi connectivity index (χ1) is 14.5. The summed E-state index contributed by atoms with van der Waals surface area (Å²) >= 11 is 12.5. The van der Waals surface area contributed by atoms with Crippen LogP contribution in [0.5, 0.6) is 0 Å². The second-order valence-corrected chi connectivity index (χ2v) is 9.32. The zero-order chi connectivity index (χ0) is 20.8. The van der Waals surface area contributed by atoms with Gasteiger partial charge < -0.3 is 5.73 Å². The molecule has 156 valence electrons. The highest BCUT2D eigenvalue weighted by Gasteiger charge is 2.40. The van der Waals surface area contributed by atoms with E-state index in [9.17, 15) is 4.79 Å². The molecule has 0 radical (unpaired) electrons. The van der Waals surface area contributed by atoms with Crippen LogP contribution in [0, 0.1) is 17.8 Å². The number of pyridine rings is 1. The van der Waals surface area contributed by atoms with E-state index in [-0.39, 0.29) is 5.91 Å². The first kappa shape index (κ1) is 19.8. The van der Waals surface area contributed by atoms with Crippen LogP contribution in [-0.2, 0) is 11.3 Å². The molecule has 2 aromatic heterocycles. The molecule has 2 fully saturated rings. The Hall–Kier alpha value is -2.15. The summed E-state index contributed by atoms with van der Waals surface area (Å²) in [7, 11) is 0. The first-order valence-electron chi connectivity index (χ1n) is 10.3. The highest BCUT2D eigenvalue weighted by atomic mass is 35.5. The average Bonchev–Trinajstić information content (AvgIpc) is 3.43. The maximum Gasteiger partial charge on any atom is 0.235 e. The molecular formula is C22H23Cl2N5O. The summed E-state index contributed by atoms with van der Waals surface area (Å²) in [6.45, 7) is 0.323. The van der Waals surface area contributed by atoms with Gasteiger partial charge >= 0.3 is 0 Å². The molecule has 1 amide bonds. The van der Waals surface area contributed by atoms with Crippen LogP contribution in [-0.4, -0.2) is 20.5 Å². The van der Waals surface area contributed by atoms with Gasteiger partial charge in [-0.1, -0.05) is 35.7 Å². The third kappa shape index (κ3) is 3.57. The van der Waals surface area contributed by atoms with Gasteiger partial charge in [0.05, 0.1) is 0 Å². The van der Waals surface area contributed by atoms with E-state index in [0.29, 0.717) is 46.4 Å². The summed E-state index contributed by atoms with van der Waals surface area (Å²) in [5, 5.41) is 12.5. The van der Waals surface area contributed by atoms with Crippen molar-refractivity contribution in [3.8, 4) is 11.1 Å².